The van der Waals surface area contributed by atoms with Gasteiger partial charge in [-0.05, 0) is 19.1 Å². The lowest BCUT2D eigenvalue weighted by Gasteiger charge is -2.26. The highest BCUT2D eigenvalue weighted by molar-refractivity contribution is 5.91. The quantitative estimate of drug-likeness (QED) is 0.297. The van der Waals surface area contributed by atoms with Crippen molar-refractivity contribution in [3.63, 3.8) is 0 Å². The fourth-order valence-corrected chi connectivity index (χ4v) is 1.69. The van der Waals surface area contributed by atoms with E-state index in [0.29, 0.717) is 13.1 Å². The predicted octanol–water partition coefficient (Wildman–Crippen LogP) is 0.389. The Balaban J connectivity index is 2.91. The number of amidine groups is 1. The van der Waals surface area contributed by atoms with Gasteiger partial charge in [0.15, 0.2) is 0 Å². The van der Waals surface area contributed by atoms with Gasteiger partial charge in [-0.1, -0.05) is 12.1 Å². The summed E-state index contributed by atoms with van der Waals surface area (Å²) >= 11 is 0. The predicted molar refractivity (Wildman–Crippen MR) is 73.2 cm³/mol. The zero-order valence-corrected chi connectivity index (χ0v) is 11.1. The summed E-state index contributed by atoms with van der Waals surface area (Å²) in [6.45, 7) is 5.11. The maximum Gasteiger partial charge on any atom is 0.267 e. The molecule has 0 aliphatic carbocycles. The van der Waals surface area contributed by atoms with Gasteiger partial charge in [-0.25, -0.2) is 0 Å². The van der Waals surface area contributed by atoms with E-state index in [1.807, 2.05) is 18.7 Å². The van der Waals surface area contributed by atoms with Gasteiger partial charge in [-0.15, -0.1) is 0 Å². The molecule has 0 bridgehead atoms. The second-order valence-electron chi connectivity index (χ2n) is 4.23. The molecule has 0 saturated carbocycles. The smallest absolute Gasteiger partial charge is 0.267 e. The van der Waals surface area contributed by atoms with E-state index < -0.39 is 5.91 Å². The molecule has 1 atom stereocenters. The highest BCUT2D eigenvalue weighted by atomic mass is 16.4. The molecule has 1 unspecified atom stereocenters. The Labute approximate surface area is 111 Å². The highest BCUT2D eigenvalue weighted by Crippen LogP contribution is 2.16. The summed E-state index contributed by atoms with van der Waals surface area (Å²) in [7, 11) is 0. The summed E-state index contributed by atoms with van der Waals surface area (Å²) in [6.07, 6.45) is 1.53. The Hall–Kier alpha value is -2.31. The molecule has 1 aromatic rings. The molecular formula is C12H19N5O2. The number of primary amides is 1. The molecule has 5 N–H and O–H groups in total. The van der Waals surface area contributed by atoms with Crippen LogP contribution in [0, 0.1) is 5.92 Å². The Bertz CT molecular complexity index is 475. The number of amides is 1. The molecule has 7 heteroatoms. The average Bonchev–Trinajstić information content (AvgIpc) is 2.43. The minimum atomic E-state index is -0.567. The third-order valence-electron chi connectivity index (χ3n) is 2.86. The van der Waals surface area contributed by atoms with Crippen LogP contribution < -0.4 is 16.4 Å². The summed E-state index contributed by atoms with van der Waals surface area (Å²) in [5.41, 5.74) is 11.8. The molecule has 0 aromatic carbocycles. The van der Waals surface area contributed by atoms with E-state index >= 15 is 0 Å². The molecule has 1 heterocycles. The first kappa shape index (κ1) is 14.7. The van der Waals surface area contributed by atoms with Crippen LogP contribution in [0.4, 0.5) is 5.69 Å². The lowest BCUT2D eigenvalue weighted by atomic mass is 10.1. The van der Waals surface area contributed by atoms with Crippen molar-refractivity contribution in [3.05, 3.63) is 24.0 Å². The first-order chi connectivity index (χ1) is 8.99. The van der Waals surface area contributed by atoms with Crippen molar-refractivity contribution in [3.8, 4) is 0 Å². The van der Waals surface area contributed by atoms with Gasteiger partial charge in [-0.2, -0.15) is 0 Å². The highest BCUT2D eigenvalue weighted by Gasteiger charge is 2.14. The van der Waals surface area contributed by atoms with Crippen molar-refractivity contribution in [2.75, 3.05) is 18.0 Å². The van der Waals surface area contributed by atoms with E-state index in [0.717, 1.165) is 5.69 Å². The molecular weight excluding hydrogens is 246 g/mol. The fourth-order valence-electron chi connectivity index (χ4n) is 1.69. The largest absolute Gasteiger partial charge is 0.409 e. The minimum Gasteiger partial charge on any atom is -0.409 e. The molecule has 0 radical (unpaired) electrons. The van der Waals surface area contributed by atoms with Crippen molar-refractivity contribution < 1.29 is 10.0 Å². The van der Waals surface area contributed by atoms with E-state index in [2.05, 4.69) is 10.1 Å². The van der Waals surface area contributed by atoms with Gasteiger partial charge < -0.3 is 21.6 Å². The van der Waals surface area contributed by atoms with Crippen molar-refractivity contribution >= 4 is 17.4 Å². The van der Waals surface area contributed by atoms with Gasteiger partial charge >= 0.3 is 0 Å². The third-order valence-corrected chi connectivity index (χ3v) is 2.86. The summed E-state index contributed by atoms with van der Waals surface area (Å²) < 4.78 is 0. The topological polar surface area (TPSA) is 118 Å². The molecule has 0 spiro atoms. The Kier molecular flexibility index (Phi) is 5.11. The molecule has 1 amide bonds. The van der Waals surface area contributed by atoms with Gasteiger partial charge in [-0.3, -0.25) is 9.78 Å². The molecule has 104 valence electrons. The van der Waals surface area contributed by atoms with Gasteiger partial charge in [0.1, 0.15) is 11.5 Å². The maximum absolute atomic E-state index is 11.1. The Morgan fingerprint density at radius 2 is 2.26 bits per heavy atom. The Morgan fingerprint density at radius 3 is 2.79 bits per heavy atom. The van der Waals surface area contributed by atoms with Crippen LogP contribution >= 0.6 is 0 Å². The zero-order valence-electron chi connectivity index (χ0n) is 11.1. The fraction of sp³-hybridized carbons (Fsp3) is 0.417. The lowest BCUT2D eigenvalue weighted by Crippen LogP contribution is -2.35. The number of oxime groups is 1. The number of hydrogen-bond acceptors (Lipinski definition) is 5. The summed E-state index contributed by atoms with van der Waals surface area (Å²) in [4.78, 5) is 17.0. The van der Waals surface area contributed by atoms with Crippen molar-refractivity contribution in [1.29, 1.82) is 0 Å². The van der Waals surface area contributed by atoms with Crippen LogP contribution in [0.25, 0.3) is 0 Å². The first-order valence-electron chi connectivity index (χ1n) is 5.97. The number of carbonyl (C=O) groups excluding carboxylic acids is 1. The van der Waals surface area contributed by atoms with Gasteiger partial charge in [0, 0.05) is 30.9 Å². The average molecular weight is 265 g/mol. The maximum atomic E-state index is 11.1. The number of hydrogen-bond donors (Lipinski definition) is 3. The van der Waals surface area contributed by atoms with Gasteiger partial charge in [0.2, 0.25) is 0 Å². The van der Waals surface area contributed by atoms with Crippen LogP contribution in [0.5, 0.6) is 0 Å². The summed E-state index contributed by atoms with van der Waals surface area (Å²) in [5, 5.41) is 11.6. The second-order valence-corrected chi connectivity index (χ2v) is 4.23. The number of anilines is 1. The number of nitrogens with two attached hydrogens (primary N) is 2. The van der Waals surface area contributed by atoms with Crippen LogP contribution in [0.3, 0.4) is 0 Å². The van der Waals surface area contributed by atoms with Crippen LogP contribution in [-0.4, -0.2) is 35.0 Å². The van der Waals surface area contributed by atoms with Crippen LogP contribution in [0.15, 0.2) is 23.5 Å². The number of nitrogens with zero attached hydrogens (tertiary/aromatic N) is 3. The molecule has 1 aromatic heterocycles. The molecule has 1 rings (SSSR count). The Morgan fingerprint density at radius 1 is 1.58 bits per heavy atom. The van der Waals surface area contributed by atoms with E-state index in [-0.39, 0.29) is 17.4 Å². The summed E-state index contributed by atoms with van der Waals surface area (Å²) in [6, 6.07) is 3.42. The summed E-state index contributed by atoms with van der Waals surface area (Å²) in [5.74, 6) is -0.514. The zero-order chi connectivity index (χ0) is 14.4. The lowest BCUT2D eigenvalue weighted by molar-refractivity contribution is 0.0995. The van der Waals surface area contributed by atoms with E-state index in [4.69, 9.17) is 16.7 Å². The normalized spacial score (nSPS) is 13.1. The first-order valence-corrected chi connectivity index (χ1v) is 5.97. The minimum absolute atomic E-state index is 0.116. The third kappa shape index (κ3) is 3.84. The van der Waals surface area contributed by atoms with Crippen LogP contribution in [0.2, 0.25) is 0 Å². The molecule has 0 saturated heterocycles. The van der Waals surface area contributed by atoms with Gasteiger partial charge in [0.25, 0.3) is 5.91 Å². The van der Waals surface area contributed by atoms with Gasteiger partial charge in [0.05, 0.1) is 0 Å². The molecule has 7 nitrogen and oxygen atoms in total. The molecule has 19 heavy (non-hydrogen) atoms. The second kappa shape index (κ2) is 6.58. The molecule has 0 fully saturated rings. The van der Waals surface area contributed by atoms with E-state index in [1.54, 1.807) is 12.1 Å². The number of aromatic nitrogens is 1. The number of carbonyl (C=O) groups is 1. The van der Waals surface area contributed by atoms with Crippen molar-refractivity contribution in [2.45, 2.75) is 13.8 Å². The number of pyridine rings is 1. The standard InChI is InChI=1S/C12H19N5O2/c1-3-17(7-8(2)11(13)16-19)9-4-5-15-10(6-9)12(14)18/h4-6,8,19H,3,7H2,1-2H3,(H2,13,16)(H2,14,18). The molecule has 0 aliphatic rings. The van der Waals surface area contributed by atoms with Crippen LogP contribution in [-0.2, 0) is 0 Å². The van der Waals surface area contributed by atoms with Crippen LogP contribution in [0.1, 0.15) is 24.3 Å². The van der Waals surface area contributed by atoms with Crippen molar-refractivity contribution in [2.24, 2.45) is 22.5 Å². The molecule has 0 aliphatic heterocycles. The van der Waals surface area contributed by atoms with Crippen molar-refractivity contribution in [1.82, 2.24) is 4.98 Å². The van der Waals surface area contributed by atoms with E-state index in [1.165, 1.54) is 6.20 Å². The number of rotatable bonds is 6. The SMILES string of the molecule is CCN(CC(C)C(N)=NO)c1ccnc(C(N)=O)c1. The van der Waals surface area contributed by atoms with E-state index in [9.17, 15) is 4.79 Å². The monoisotopic (exact) mass is 265 g/mol.